The van der Waals surface area contributed by atoms with Crippen molar-refractivity contribution >= 4 is 17.6 Å². The lowest BCUT2D eigenvalue weighted by Crippen LogP contribution is -2.52. The van der Waals surface area contributed by atoms with Crippen LogP contribution in [0.1, 0.15) is 11.1 Å². The van der Waals surface area contributed by atoms with E-state index in [1.165, 1.54) is 12.1 Å². The maximum absolute atomic E-state index is 13.3. The first kappa shape index (κ1) is 22.3. The summed E-state index contributed by atoms with van der Waals surface area (Å²) in [5, 5.41) is 2.81. The van der Waals surface area contributed by atoms with E-state index in [1.807, 2.05) is 24.3 Å². The molecule has 0 aliphatic carbocycles. The molecule has 3 amide bonds. The maximum atomic E-state index is 13.3. The molecule has 7 nitrogen and oxygen atoms in total. The average Bonchev–Trinajstić information content (AvgIpc) is 2.84. The molecule has 0 atom stereocenters. The minimum absolute atomic E-state index is 0.0238. The van der Waals surface area contributed by atoms with Crippen LogP contribution in [-0.2, 0) is 17.8 Å². The number of nitrogens with one attached hydrogen (secondary N) is 1. The first-order valence-electron chi connectivity index (χ1n) is 10.8. The molecule has 8 heteroatoms. The van der Waals surface area contributed by atoms with Crippen LogP contribution in [0.15, 0.2) is 73.1 Å². The van der Waals surface area contributed by atoms with Crippen molar-refractivity contribution in [3.8, 4) is 5.75 Å². The number of aromatic nitrogens is 1. The molecule has 33 heavy (non-hydrogen) atoms. The lowest BCUT2D eigenvalue weighted by molar-refractivity contribution is -0.131. The highest BCUT2D eigenvalue weighted by atomic mass is 19.1. The van der Waals surface area contributed by atoms with Crippen LogP contribution in [0.25, 0.3) is 0 Å². The van der Waals surface area contributed by atoms with E-state index in [1.54, 1.807) is 46.5 Å². The fraction of sp³-hybridized carbons (Fsp3) is 0.240. The van der Waals surface area contributed by atoms with Gasteiger partial charge >= 0.3 is 6.03 Å². The highest BCUT2D eigenvalue weighted by Crippen LogP contribution is 2.16. The highest BCUT2D eigenvalue weighted by Gasteiger charge is 2.24. The fourth-order valence-electron chi connectivity index (χ4n) is 3.58. The van der Waals surface area contributed by atoms with Gasteiger partial charge in [-0.2, -0.15) is 0 Å². The SMILES string of the molecule is O=C(Cc1ccc(OCc2cccc(F)c2)cc1)N1CCN(C(=O)Nc2cccnc2)CC1. The number of halogens is 1. The molecule has 1 aliphatic heterocycles. The topological polar surface area (TPSA) is 74.8 Å². The Balaban J connectivity index is 1.22. The Hall–Kier alpha value is -3.94. The molecule has 3 aromatic rings. The Morgan fingerprint density at radius 1 is 0.939 bits per heavy atom. The van der Waals surface area contributed by atoms with Gasteiger partial charge in [-0.15, -0.1) is 0 Å². The number of amides is 3. The van der Waals surface area contributed by atoms with Gasteiger partial charge in [0.05, 0.1) is 18.3 Å². The van der Waals surface area contributed by atoms with Crippen molar-refractivity contribution in [2.75, 3.05) is 31.5 Å². The summed E-state index contributed by atoms with van der Waals surface area (Å²) in [5.41, 5.74) is 2.28. The second-order valence-corrected chi connectivity index (χ2v) is 7.78. The molecule has 0 saturated carbocycles. The minimum atomic E-state index is -0.292. The lowest BCUT2D eigenvalue weighted by Gasteiger charge is -2.34. The highest BCUT2D eigenvalue weighted by molar-refractivity contribution is 5.89. The zero-order valence-corrected chi connectivity index (χ0v) is 18.1. The van der Waals surface area contributed by atoms with E-state index >= 15 is 0 Å². The normalized spacial score (nSPS) is 13.5. The molecule has 1 aliphatic rings. The molecule has 0 radical (unpaired) electrons. The predicted molar refractivity (Wildman–Crippen MR) is 122 cm³/mol. The number of nitrogens with zero attached hydrogens (tertiary/aromatic N) is 3. The van der Waals surface area contributed by atoms with E-state index in [9.17, 15) is 14.0 Å². The molecule has 2 aromatic carbocycles. The Morgan fingerprint density at radius 2 is 1.70 bits per heavy atom. The fourth-order valence-corrected chi connectivity index (χ4v) is 3.58. The molecule has 170 valence electrons. The van der Waals surface area contributed by atoms with E-state index in [2.05, 4.69) is 10.3 Å². The number of ether oxygens (including phenoxy) is 1. The van der Waals surface area contributed by atoms with Gasteiger partial charge in [0.1, 0.15) is 18.2 Å². The molecular formula is C25H25FN4O3. The van der Waals surface area contributed by atoms with Crippen LogP contribution in [0.4, 0.5) is 14.9 Å². The third-order valence-corrected chi connectivity index (χ3v) is 5.41. The summed E-state index contributed by atoms with van der Waals surface area (Å²) in [7, 11) is 0. The summed E-state index contributed by atoms with van der Waals surface area (Å²) in [4.78, 5) is 32.5. The molecule has 1 saturated heterocycles. The van der Waals surface area contributed by atoms with Crippen molar-refractivity contribution in [1.29, 1.82) is 0 Å². The zero-order valence-electron chi connectivity index (χ0n) is 18.1. The molecule has 0 bridgehead atoms. The Kier molecular flexibility index (Phi) is 7.14. The standard InChI is InChI=1S/C25H25FN4O3/c26-21-4-1-3-20(15-21)18-33-23-8-6-19(7-9-23)16-24(31)29-11-13-30(14-12-29)25(32)28-22-5-2-10-27-17-22/h1-10,15,17H,11-14,16,18H2,(H,28,32). The van der Waals surface area contributed by atoms with Gasteiger partial charge in [0.15, 0.2) is 0 Å². The molecule has 4 rings (SSSR count). The molecule has 1 fully saturated rings. The monoisotopic (exact) mass is 448 g/mol. The Bertz CT molecular complexity index is 1080. The predicted octanol–water partition coefficient (Wildman–Crippen LogP) is 3.72. The molecule has 2 heterocycles. The van der Waals surface area contributed by atoms with Gasteiger partial charge in [-0.25, -0.2) is 9.18 Å². The molecule has 1 aromatic heterocycles. The first-order chi connectivity index (χ1) is 16.1. The quantitative estimate of drug-likeness (QED) is 0.624. The maximum Gasteiger partial charge on any atom is 0.322 e. The van der Waals surface area contributed by atoms with Gasteiger partial charge in [-0.1, -0.05) is 24.3 Å². The van der Waals surface area contributed by atoms with Crippen molar-refractivity contribution < 1.29 is 18.7 Å². The smallest absolute Gasteiger partial charge is 0.322 e. The Labute approximate surface area is 191 Å². The lowest BCUT2D eigenvalue weighted by atomic mass is 10.1. The third-order valence-electron chi connectivity index (χ3n) is 5.41. The number of benzene rings is 2. The van der Waals surface area contributed by atoms with Gasteiger partial charge in [-0.05, 0) is 47.5 Å². The first-order valence-corrected chi connectivity index (χ1v) is 10.8. The van der Waals surface area contributed by atoms with E-state index in [0.29, 0.717) is 37.6 Å². The van der Waals surface area contributed by atoms with Gasteiger partial charge in [0.25, 0.3) is 0 Å². The van der Waals surface area contributed by atoms with Gasteiger partial charge in [0, 0.05) is 32.4 Å². The molecule has 0 unspecified atom stereocenters. The zero-order chi connectivity index (χ0) is 23.0. The van der Waals surface area contributed by atoms with Gasteiger partial charge in [0.2, 0.25) is 5.91 Å². The van der Waals surface area contributed by atoms with Crippen LogP contribution in [0.5, 0.6) is 5.75 Å². The van der Waals surface area contributed by atoms with Crippen LogP contribution in [-0.4, -0.2) is 52.9 Å². The number of hydrogen-bond donors (Lipinski definition) is 1. The van der Waals surface area contributed by atoms with Crippen molar-refractivity contribution in [3.05, 3.63) is 90.0 Å². The second kappa shape index (κ2) is 10.6. The number of hydrogen-bond acceptors (Lipinski definition) is 4. The van der Waals surface area contributed by atoms with E-state index < -0.39 is 0 Å². The average molecular weight is 448 g/mol. The number of urea groups is 1. The van der Waals surface area contributed by atoms with Crippen molar-refractivity contribution in [2.24, 2.45) is 0 Å². The minimum Gasteiger partial charge on any atom is -0.489 e. The summed E-state index contributed by atoms with van der Waals surface area (Å²) in [6, 6.07) is 17.0. The Morgan fingerprint density at radius 3 is 2.39 bits per heavy atom. The summed E-state index contributed by atoms with van der Waals surface area (Å²) in [5.74, 6) is 0.388. The number of pyridine rings is 1. The van der Waals surface area contributed by atoms with E-state index in [-0.39, 0.29) is 30.8 Å². The van der Waals surface area contributed by atoms with Crippen molar-refractivity contribution in [3.63, 3.8) is 0 Å². The number of rotatable bonds is 6. The van der Waals surface area contributed by atoms with Gasteiger partial charge in [-0.3, -0.25) is 9.78 Å². The number of carbonyl (C=O) groups is 2. The van der Waals surface area contributed by atoms with Crippen LogP contribution < -0.4 is 10.1 Å². The van der Waals surface area contributed by atoms with Gasteiger partial charge < -0.3 is 19.9 Å². The number of anilines is 1. The van der Waals surface area contributed by atoms with Crippen LogP contribution in [0, 0.1) is 5.82 Å². The van der Waals surface area contributed by atoms with Crippen LogP contribution >= 0.6 is 0 Å². The van der Waals surface area contributed by atoms with E-state index in [4.69, 9.17) is 4.74 Å². The second-order valence-electron chi connectivity index (χ2n) is 7.78. The number of carbonyl (C=O) groups excluding carboxylic acids is 2. The largest absolute Gasteiger partial charge is 0.489 e. The molecule has 1 N–H and O–H groups in total. The third kappa shape index (κ3) is 6.29. The van der Waals surface area contributed by atoms with Crippen molar-refractivity contribution in [2.45, 2.75) is 13.0 Å². The summed E-state index contributed by atoms with van der Waals surface area (Å²) >= 11 is 0. The van der Waals surface area contributed by atoms with E-state index in [0.717, 1.165) is 11.1 Å². The molecule has 0 spiro atoms. The molecular weight excluding hydrogens is 423 g/mol. The summed E-state index contributed by atoms with van der Waals surface area (Å²) in [6.07, 6.45) is 3.52. The summed E-state index contributed by atoms with van der Waals surface area (Å²) in [6.45, 7) is 2.21. The van der Waals surface area contributed by atoms with Crippen LogP contribution in [0.2, 0.25) is 0 Å². The van der Waals surface area contributed by atoms with Crippen LogP contribution in [0.3, 0.4) is 0 Å². The number of piperazine rings is 1. The van der Waals surface area contributed by atoms with Crippen molar-refractivity contribution in [1.82, 2.24) is 14.8 Å². The summed E-state index contributed by atoms with van der Waals surface area (Å²) < 4.78 is 18.9.